The minimum Gasteiger partial charge on any atom is -0.220 e. The number of nitrogens with zero attached hydrogens (tertiary/aromatic N) is 4. The largest absolute Gasteiger partial charge is 0.220 e. The van der Waals surface area contributed by atoms with Crippen LogP contribution in [0.4, 0.5) is 0 Å². The van der Waals surface area contributed by atoms with Gasteiger partial charge >= 0.3 is 0 Å². The zero-order valence-electron chi connectivity index (χ0n) is 10.2. The fraction of sp³-hybridized carbons (Fsp3) is 0.889. The molecule has 0 N–H and O–H groups in total. The standard InChI is InChI=1S/C9H20N4SSi/c1-8(2)6-13-9(10-11-12-13)14-7-15(3,4)5/h8H,6-7H2,1-5H3. The van der Waals surface area contributed by atoms with Crippen LogP contribution >= 0.6 is 11.8 Å². The molecule has 0 amide bonds. The zero-order chi connectivity index (χ0) is 11.5. The van der Waals surface area contributed by atoms with Crippen LogP contribution in [0.15, 0.2) is 5.16 Å². The van der Waals surface area contributed by atoms with E-state index in [4.69, 9.17) is 0 Å². The lowest BCUT2D eigenvalue weighted by Gasteiger charge is -2.14. The molecule has 0 radical (unpaired) electrons. The molecule has 0 bridgehead atoms. The first-order chi connectivity index (χ1) is 6.88. The van der Waals surface area contributed by atoms with E-state index in [1.807, 2.05) is 4.68 Å². The van der Waals surface area contributed by atoms with Crippen LogP contribution in [-0.4, -0.2) is 33.7 Å². The van der Waals surface area contributed by atoms with Crippen LogP contribution in [0.2, 0.25) is 19.6 Å². The number of tetrazole rings is 1. The molecule has 15 heavy (non-hydrogen) atoms. The van der Waals surface area contributed by atoms with Gasteiger partial charge in [0, 0.05) is 6.54 Å². The molecule has 0 aromatic carbocycles. The summed E-state index contributed by atoms with van der Waals surface area (Å²) in [6.45, 7) is 12.3. The predicted octanol–water partition coefficient (Wildman–Crippen LogP) is 2.30. The molecule has 86 valence electrons. The SMILES string of the molecule is CC(C)Cn1nnnc1SC[Si](C)(C)C. The summed E-state index contributed by atoms with van der Waals surface area (Å²) in [6, 6.07) is 0. The highest BCUT2D eigenvalue weighted by atomic mass is 32.2. The van der Waals surface area contributed by atoms with Crippen LogP contribution in [-0.2, 0) is 6.54 Å². The van der Waals surface area contributed by atoms with Crippen LogP contribution < -0.4 is 0 Å². The molecular weight excluding hydrogens is 224 g/mol. The van der Waals surface area contributed by atoms with Gasteiger partial charge in [-0.3, -0.25) is 0 Å². The van der Waals surface area contributed by atoms with E-state index in [2.05, 4.69) is 49.0 Å². The smallest absolute Gasteiger partial charge is 0.209 e. The molecule has 6 heteroatoms. The molecule has 0 saturated carbocycles. The summed E-state index contributed by atoms with van der Waals surface area (Å²) in [5.41, 5.74) is 0. The van der Waals surface area contributed by atoms with Crippen molar-refractivity contribution >= 4 is 19.8 Å². The number of thioether (sulfide) groups is 1. The van der Waals surface area contributed by atoms with Crippen molar-refractivity contribution in [3.05, 3.63) is 0 Å². The highest BCUT2D eigenvalue weighted by Gasteiger charge is 2.16. The third-order valence-corrected chi connectivity index (χ3v) is 6.26. The molecule has 4 nitrogen and oxygen atoms in total. The fourth-order valence-electron chi connectivity index (χ4n) is 1.04. The monoisotopic (exact) mass is 244 g/mol. The van der Waals surface area contributed by atoms with Crippen LogP contribution in [0, 0.1) is 5.92 Å². The third kappa shape index (κ3) is 4.79. The Labute approximate surface area is 96.8 Å². The van der Waals surface area contributed by atoms with Crippen LogP contribution in [0.1, 0.15) is 13.8 Å². The molecule has 1 aromatic heterocycles. The van der Waals surface area contributed by atoms with Crippen molar-refractivity contribution in [1.82, 2.24) is 20.2 Å². The molecule has 0 aliphatic rings. The fourth-order valence-corrected chi connectivity index (χ4v) is 3.64. The number of aromatic nitrogens is 4. The molecule has 0 fully saturated rings. The van der Waals surface area contributed by atoms with E-state index in [0.29, 0.717) is 5.92 Å². The minimum absolute atomic E-state index is 0.583. The van der Waals surface area contributed by atoms with E-state index in [9.17, 15) is 0 Å². The van der Waals surface area contributed by atoms with Gasteiger partial charge in [-0.05, 0) is 21.7 Å². The molecule has 1 heterocycles. The summed E-state index contributed by atoms with van der Waals surface area (Å²) >= 11 is 1.79. The summed E-state index contributed by atoms with van der Waals surface area (Å²) in [6.07, 6.45) is 0. The second-order valence-electron chi connectivity index (χ2n) is 5.39. The quantitative estimate of drug-likeness (QED) is 0.589. The van der Waals surface area contributed by atoms with Crippen molar-refractivity contribution < 1.29 is 0 Å². The van der Waals surface area contributed by atoms with Gasteiger partial charge in [-0.15, -0.1) is 5.10 Å². The van der Waals surface area contributed by atoms with Gasteiger partial charge in [0.25, 0.3) is 0 Å². The van der Waals surface area contributed by atoms with Crippen molar-refractivity contribution in [3.8, 4) is 0 Å². The average Bonchev–Trinajstić information content (AvgIpc) is 2.46. The second kappa shape index (κ2) is 5.11. The molecule has 1 aromatic rings. The van der Waals surface area contributed by atoms with Crippen LogP contribution in [0.25, 0.3) is 0 Å². The van der Waals surface area contributed by atoms with E-state index in [1.54, 1.807) is 11.8 Å². The normalized spacial score (nSPS) is 12.4. The van der Waals surface area contributed by atoms with Crippen molar-refractivity contribution in [3.63, 3.8) is 0 Å². The van der Waals surface area contributed by atoms with E-state index in [-0.39, 0.29) is 0 Å². The topological polar surface area (TPSA) is 43.6 Å². The Hall–Kier alpha value is -0.363. The van der Waals surface area contributed by atoms with Gasteiger partial charge in [0.15, 0.2) is 0 Å². The molecular formula is C9H20N4SSi. The van der Waals surface area contributed by atoms with E-state index >= 15 is 0 Å². The molecule has 0 atom stereocenters. The van der Waals surface area contributed by atoms with E-state index < -0.39 is 8.07 Å². The van der Waals surface area contributed by atoms with Crippen LogP contribution in [0.5, 0.6) is 0 Å². The van der Waals surface area contributed by atoms with Crippen molar-refractivity contribution in [2.45, 2.75) is 45.2 Å². The molecule has 0 saturated heterocycles. The molecule has 0 aliphatic carbocycles. The number of hydrogen-bond acceptors (Lipinski definition) is 4. The molecule has 1 rings (SSSR count). The average molecular weight is 244 g/mol. The Morgan fingerprint density at radius 3 is 2.53 bits per heavy atom. The lowest BCUT2D eigenvalue weighted by molar-refractivity contribution is 0.446. The zero-order valence-corrected chi connectivity index (χ0v) is 12.0. The molecule has 0 spiro atoms. The first kappa shape index (κ1) is 12.7. The van der Waals surface area contributed by atoms with E-state index in [0.717, 1.165) is 11.7 Å². The highest BCUT2D eigenvalue weighted by molar-refractivity contribution is 8.00. The van der Waals surface area contributed by atoms with Crippen molar-refractivity contribution in [2.24, 2.45) is 5.92 Å². The third-order valence-electron chi connectivity index (χ3n) is 1.67. The van der Waals surface area contributed by atoms with Gasteiger partial charge in [-0.1, -0.05) is 45.3 Å². The Morgan fingerprint density at radius 2 is 2.00 bits per heavy atom. The summed E-state index contributed by atoms with van der Waals surface area (Å²) in [5.74, 6) is 0.583. The van der Waals surface area contributed by atoms with Crippen molar-refractivity contribution in [1.29, 1.82) is 0 Å². The van der Waals surface area contributed by atoms with Gasteiger partial charge in [-0.2, -0.15) is 0 Å². The molecule has 0 aliphatic heterocycles. The van der Waals surface area contributed by atoms with Crippen molar-refractivity contribution in [2.75, 3.05) is 5.38 Å². The number of rotatable bonds is 5. The minimum atomic E-state index is -1.02. The summed E-state index contributed by atoms with van der Waals surface area (Å²) in [7, 11) is -1.02. The lowest BCUT2D eigenvalue weighted by Crippen LogP contribution is -2.24. The Balaban J connectivity index is 2.57. The predicted molar refractivity (Wildman–Crippen MR) is 66.7 cm³/mol. The van der Waals surface area contributed by atoms with Gasteiger partial charge in [0.05, 0.1) is 8.07 Å². The van der Waals surface area contributed by atoms with Gasteiger partial charge in [0.2, 0.25) is 5.16 Å². The summed E-state index contributed by atoms with van der Waals surface area (Å²) < 4.78 is 1.91. The maximum atomic E-state index is 4.06. The first-order valence-electron chi connectivity index (χ1n) is 5.27. The van der Waals surface area contributed by atoms with Gasteiger partial charge in [0.1, 0.15) is 0 Å². The lowest BCUT2D eigenvalue weighted by atomic mass is 10.2. The van der Waals surface area contributed by atoms with Crippen LogP contribution in [0.3, 0.4) is 0 Å². The Bertz CT molecular complexity index is 305. The maximum Gasteiger partial charge on any atom is 0.209 e. The number of hydrogen-bond donors (Lipinski definition) is 0. The molecule has 0 unspecified atom stereocenters. The van der Waals surface area contributed by atoms with Gasteiger partial charge in [-0.25, -0.2) is 4.68 Å². The first-order valence-corrected chi connectivity index (χ1v) is 9.97. The van der Waals surface area contributed by atoms with Gasteiger partial charge < -0.3 is 0 Å². The highest BCUT2D eigenvalue weighted by Crippen LogP contribution is 2.19. The van der Waals surface area contributed by atoms with E-state index in [1.165, 1.54) is 5.38 Å². The summed E-state index contributed by atoms with van der Waals surface area (Å²) in [4.78, 5) is 0. The summed E-state index contributed by atoms with van der Waals surface area (Å²) in [5, 5.41) is 13.9. The Kier molecular flexibility index (Phi) is 4.33. The second-order valence-corrected chi connectivity index (χ2v) is 12.3. The Morgan fingerprint density at radius 1 is 1.33 bits per heavy atom. The maximum absolute atomic E-state index is 4.06.